The molecule has 0 bridgehead atoms. The summed E-state index contributed by atoms with van der Waals surface area (Å²) in [6.07, 6.45) is 0.606. The third-order valence-electron chi connectivity index (χ3n) is 3.91. The van der Waals surface area contributed by atoms with E-state index in [1.165, 1.54) is 11.3 Å². The summed E-state index contributed by atoms with van der Waals surface area (Å²) in [6.45, 7) is 0. The highest BCUT2D eigenvalue weighted by atomic mass is 79.9. The normalized spacial score (nSPS) is 11.8. The van der Waals surface area contributed by atoms with Crippen LogP contribution < -0.4 is 10.2 Å². The van der Waals surface area contributed by atoms with E-state index in [2.05, 4.69) is 26.2 Å². The number of halogens is 1. The van der Waals surface area contributed by atoms with Gasteiger partial charge in [0.25, 0.3) is 0 Å². The number of anilines is 2. The van der Waals surface area contributed by atoms with Gasteiger partial charge in [0.2, 0.25) is 5.91 Å². The molecule has 1 atom stereocenters. The first-order valence-corrected chi connectivity index (χ1v) is 9.58. The summed E-state index contributed by atoms with van der Waals surface area (Å²) >= 11 is 4.95. The third kappa shape index (κ3) is 4.67. The number of amides is 1. The highest BCUT2D eigenvalue weighted by Gasteiger charge is 2.25. The van der Waals surface area contributed by atoms with Crippen LogP contribution in [-0.4, -0.2) is 24.0 Å². The second-order valence-electron chi connectivity index (χ2n) is 5.66. The number of likely N-dealkylation sites (N-methyl/N-ethyl adjacent to an activating group) is 1. The molecule has 0 fully saturated rings. The Morgan fingerprint density at radius 2 is 2.04 bits per heavy atom. The Kier molecular flexibility index (Phi) is 5.83. The SMILES string of the molecule is CN(c1cscn1)[C@@H](Cc1ccccc1)C(=O)Nc1cccc(Br)c1. The molecule has 2 aromatic carbocycles. The fourth-order valence-corrected chi connectivity index (χ4v) is 3.55. The predicted octanol–water partition coefficient (Wildman–Crippen LogP) is 4.59. The second kappa shape index (κ2) is 8.27. The molecule has 25 heavy (non-hydrogen) atoms. The second-order valence-corrected chi connectivity index (χ2v) is 7.30. The molecule has 0 aliphatic carbocycles. The van der Waals surface area contributed by atoms with Gasteiger partial charge in [0.1, 0.15) is 11.9 Å². The lowest BCUT2D eigenvalue weighted by Gasteiger charge is -2.27. The first-order chi connectivity index (χ1) is 12.1. The monoisotopic (exact) mass is 415 g/mol. The van der Waals surface area contributed by atoms with Crippen LogP contribution >= 0.6 is 27.3 Å². The van der Waals surface area contributed by atoms with E-state index >= 15 is 0 Å². The van der Waals surface area contributed by atoms with Crippen LogP contribution in [-0.2, 0) is 11.2 Å². The molecule has 4 nitrogen and oxygen atoms in total. The molecule has 0 radical (unpaired) electrons. The number of hydrogen-bond donors (Lipinski definition) is 1. The molecule has 6 heteroatoms. The van der Waals surface area contributed by atoms with Crippen LogP contribution in [0.4, 0.5) is 11.5 Å². The average molecular weight is 416 g/mol. The average Bonchev–Trinajstić information content (AvgIpc) is 3.14. The number of benzene rings is 2. The summed E-state index contributed by atoms with van der Waals surface area (Å²) in [6, 6.07) is 17.3. The molecule has 0 aliphatic heterocycles. The molecule has 1 heterocycles. The van der Waals surface area contributed by atoms with E-state index in [-0.39, 0.29) is 11.9 Å². The summed E-state index contributed by atoms with van der Waals surface area (Å²) in [5.74, 6) is 0.743. The summed E-state index contributed by atoms with van der Waals surface area (Å²) in [7, 11) is 1.91. The van der Waals surface area contributed by atoms with Gasteiger partial charge < -0.3 is 10.2 Å². The Labute approximate surface area is 159 Å². The lowest BCUT2D eigenvalue weighted by Crippen LogP contribution is -2.43. The number of rotatable bonds is 6. The third-order valence-corrected chi connectivity index (χ3v) is 4.98. The van der Waals surface area contributed by atoms with E-state index in [1.54, 1.807) is 5.51 Å². The van der Waals surface area contributed by atoms with Crippen molar-refractivity contribution >= 4 is 44.7 Å². The van der Waals surface area contributed by atoms with Crippen molar-refractivity contribution in [3.8, 4) is 0 Å². The van der Waals surface area contributed by atoms with E-state index in [0.717, 1.165) is 21.5 Å². The molecule has 1 N–H and O–H groups in total. The zero-order chi connectivity index (χ0) is 17.6. The van der Waals surface area contributed by atoms with E-state index in [9.17, 15) is 4.79 Å². The quantitative estimate of drug-likeness (QED) is 0.639. The van der Waals surface area contributed by atoms with Crippen molar-refractivity contribution < 1.29 is 4.79 Å². The van der Waals surface area contributed by atoms with Gasteiger partial charge in [-0.15, -0.1) is 11.3 Å². The van der Waals surface area contributed by atoms with Crippen LogP contribution in [0, 0.1) is 0 Å². The van der Waals surface area contributed by atoms with Gasteiger partial charge in [0.05, 0.1) is 5.51 Å². The van der Waals surface area contributed by atoms with Crippen molar-refractivity contribution in [1.82, 2.24) is 4.98 Å². The van der Waals surface area contributed by atoms with Crippen molar-refractivity contribution in [1.29, 1.82) is 0 Å². The molecular formula is C19H18BrN3OS. The van der Waals surface area contributed by atoms with Gasteiger partial charge in [0.15, 0.2) is 0 Å². The minimum absolute atomic E-state index is 0.0579. The van der Waals surface area contributed by atoms with Crippen LogP contribution in [0.15, 0.2) is 70.0 Å². The van der Waals surface area contributed by atoms with E-state index in [1.807, 2.05) is 71.9 Å². The Hall–Kier alpha value is -2.18. The van der Waals surface area contributed by atoms with E-state index < -0.39 is 0 Å². The molecule has 128 valence electrons. The number of nitrogens with one attached hydrogen (secondary N) is 1. The molecule has 1 aromatic heterocycles. The molecule has 3 aromatic rings. The standard InChI is InChI=1S/C19H18BrN3OS/c1-23(18-12-25-13-21-18)17(10-14-6-3-2-4-7-14)19(24)22-16-9-5-8-15(20)11-16/h2-9,11-13,17H,10H2,1H3,(H,22,24)/t17-/m0/s1. The fraction of sp³-hybridized carbons (Fsp3) is 0.158. The van der Waals surface area contributed by atoms with Crippen molar-refractivity contribution in [2.75, 3.05) is 17.3 Å². The molecule has 1 amide bonds. The van der Waals surface area contributed by atoms with E-state index in [0.29, 0.717) is 6.42 Å². The molecule has 0 spiro atoms. The maximum atomic E-state index is 13.0. The number of hydrogen-bond acceptors (Lipinski definition) is 4. The molecule has 0 aliphatic rings. The first-order valence-electron chi connectivity index (χ1n) is 7.85. The number of aromatic nitrogens is 1. The van der Waals surface area contributed by atoms with Crippen molar-refractivity contribution in [3.05, 3.63) is 75.5 Å². The lowest BCUT2D eigenvalue weighted by molar-refractivity contribution is -0.117. The van der Waals surface area contributed by atoms with Crippen LogP contribution in [0.3, 0.4) is 0 Å². The largest absolute Gasteiger partial charge is 0.347 e. The first kappa shape index (κ1) is 17.6. The van der Waals surface area contributed by atoms with Crippen molar-refractivity contribution in [3.63, 3.8) is 0 Å². The van der Waals surface area contributed by atoms with Crippen LogP contribution in [0.2, 0.25) is 0 Å². The summed E-state index contributed by atoms with van der Waals surface area (Å²) in [5.41, 5.74) is 3.65. The minimum Gasteiger partial charge on any atom is -0.347 e. The summed E-state index contributed by atoms with van der Waals surface area (Å²) in [4.78, 5) is 19.2. The Balaban J connectivity index is 1.83. The topological polar surface area (TPSA) is 45.2 Å². The smallest absolute Gasteiger partial charge is 0.247 e. The molecule has 3 rings (SSSR count). The van der Waals surface area contributed by atoms with Crippen LogP contribution in [0.5, 0.6) is 0 Å². The van der Waals surface area contributed by atoms with Gasteiger partial charge in [-0.1, -0.05) is 52.3 Å². The lowest BCUT2D eigenvalue weighted by atomic mass is 10.0. The highest BCUT2D eigenvalue weighted by Crippen LogP contribution is 2.20. The van der Waals surface area contributed by atoms with Gasteiger partial charge in [-0.3, -0.25) is 4.79 Å². The van der Waals surface area contributed by atoms with Gasteiger partial charge in [-0.05, 0) is 23.8 Å². The van der Waals surface area contributed by atoms with Gasteiger partial charge in [-0.25, -0.2) is 4.98 Å². The summed E-state index contributed by atoms with van der Waals surface area (Å²) in [5, 5.41) is 4.96. The van der Waals surface area contributed by atoms with Gasteiger partial charge in [0, 0.05) is 29.0 Å². The number of thiazole rings is 1. The maximum absolute atomic E-state index is 13.0. The van der Waals surface area contributed by atoms with Crippen LogP contribution in [0.1, 0.15) is 5.56 Å². The van der Waals surface area contributed by atoms with Gasteiger partial charge in [-0.2, -0.15) is 0 Å². The number of nitrogens with zero attached hydrogens (tertiary/aromatic N) is 2. The Bertz CT molecular complexity index is 824. The fourth-order valence-electron chi connectivity index (χ4n) is 2.57. The predicted molar refractivity (Wildman–Crippen MR) is 107 cm³/mol. The van der Waals surface area contributed by atoms with Crippen LogP contribution in [0.25, 0.3) is 0 Å². The summed E-state index contributed by atoms with van der Waals surface area (Å²) < 4.78 is 0.928. The van der Waals surface area contributed by atoms with E-state index in [4.69, 9.17) is 0 Å². The molecule has 0 saturated heterocycles. The number of carbonyl (C=O) groups excluding carboxylic acids is 1. The molecular weight excluding hydrogens is 398 g/mol. The minimum atomic E-state index is -0.358. The Morgan fingerprint density at radius 3 is 2.72 bits per heavy atom. The van der Waals surface area contributed by atoms with Crippen molar-refractivity contribution in [2.24, 2.45) is 0 Å². The van der Waals surface area contributed by atoms with Crippen molar-refractivity contribution in [2.45, 2.75) is 12.5 Å². The number of carbonyl (C=O) groups is 1. The highest BCUT2D eigenvalue weighted by molar-refractivity contribution is 9.10. The Morgan fingerprint density at radius 1 is 1.24 bits per heavy atom. The maximum Gasteiger partial charge on any atom is 0.247 e. The molecule has 0 saturated carbocycles. The van der Waals surface area contributed by atoms with Gasteiger partial charge >= 0.3 is 0 Å². The zero-order valence-corrected chi connectivity index (χ0v) is 16.1. The zero-order valence-electron chi connectivity index (χ0n) is 13.7. The molecule has 0 unspecified atom stereocenters.